The van der Waals surface area contributed by atoms with E-state index in [0.29, 0.717) is 0 Å². The number of hydrogen-bond donors (Lipinski definition) is 0. The summed E-state index contributed by atoms with van der Waals surface area (Å²) in [5.74, 6) is 1.67. The Hall–Kier alpha value is -1.38. The van der Waals surface area contributed by atoms with Crippen molar-refractivity contribution in [2.75, 3.05) is 0 Å². The van der Waals surface area contributed by atoms with Gasteiger partial charge >= 0.3 is 0 Å². The van der Waals surface area contributed by atoms with Crippen LogP contribution in [-0.2, 0) is 12.8 Å². The first-order chi connectivity index (χ1) is 15.7. The summed E-state index contributed by atoms with van der Waals surface area (Å²) in [5, 5.41) is 0. The van der Waals surface area contributed by atoms with E-state index in [-0.39, 0.29) is 0 Å². The fraction of sp³-hybridized carbons (Fsp3) is 0.533. The van der Waals surface area contributed by atoms with Crippen LogP contribution in [0, 0.1) is 11.8 Å². The van der Waals surface area contributed by atoms with Crippen LogP contribution in [0.5, 0.6) is 0 Å². The zero-order valence-corrected chi connectivity index (χ0v) is 22.3. The Morgan fingerprint density at radius 3 is 1.50 bits per heavy atom. The fourth-order valence-electron chi connectivity index (χ4n) is 4.57. The van der Waals surface area contributed by atoms with E-state index < -0.39 is 0 Å². The standard InChI is InChI=1S/C30H42S2/c1-5-9-12-23(7-3)20-27-16-18-29(31-27)25-14-11-15-26(22-25)30-19-17-28(32-30)21-24(8-4)13-10-6-2/h11,14-19,22-24H,5-10,12-13,20-21H2,1-4H3. The molecule has 2 heterocycles. The van der Waals surface area contributed by atoms with Gasteiger partial charge in [-0.1, -0.05) is 97.3 Å². The van der Waals surface area contributed by atoms with E-state index in [1.54, 1.807) is 9.75 Å². The third-order valence-electron chi connectivity index (χ3n) is 6.82. The molecule has 3 rings (SSSR count). The topological polar surface area (TPSA) is 0 Å². The van der Waals surface area contributed by atoms with Crippen LogP contribution in [0.4, 0.5) is 0 Å². The zero-order valence-electron chi connectivity index (χ0n) is 20.7. The number of thiophene rings is 2. The molecule has 0 nitrogen and oxygen atoms in total. The van der Waals surface area contributed by atoms with Crippen molar-refractivity contribution < 1.29 is 0 Å². The van der Waals surface area contributed by atoms with Crippen molar-refractivity contribution in [3.63, 3.8) is 0 Å². The van der Waals surface area contributed by atoms with Gasteiger partial charge in [0.25, 0.3) is 0 Å². The van der Waals surface area contributed by atoms with Gasteiger partial charge in [-0.3, -0.25) is 0 Å². The molecular weight excluding hydrogens is 424 g/mol. The van der Waals surface area contributed by atoms with E-state index in [1.165, 1.54) is 85.1 Å². The van der Waals surface area contributed by atoms with Crippen LogP contribution in [0.2, 0.25) is 0 Å². The molecule has 0 radical (unpaired) electrons. The van der Waals surface area contributed by atoms with Crippen LogP contribution in [-0.4, -0.2) is 0 Å². The molecule has 32 heavy (non-hydrogen) atoms. The molecule has 0 amide bonds. The molecule has 1 aromatic carbocycles. The van der Waals surface area contributed by atoms with Crippen molar-refractivity contribution >= 4 is 22.7 Å². The first-order valence-corrected chi connectivity index (χ1v) is 14.6. The minimum Gasteiger partial charge on any atom is -0.140 e. The van der Waals surface area contributed by atoms with Crippen molar-refractivity contribution in [3.8, 4) is 20.9 Å². The summed E-state index contributed by atoms with van der Waals surface area (Å²) in [6.45, 7) is 9.29. The van der Waals surface area contributed by atoms with Crippen molar-refractivity contribution in [1.82, 2.24) is 0 Å². The van der Waals surface area contributed by atoms with Gasteiger partial charge in [-0.05, 0) is 66.1 Å². The first-order valence-electron chi connectivity index (χ1n) is 12.9. The molecule has 0 fully saturated rings. The van der Waals surface area contributed by atoms with Crippen LogP contribution in [0.15, 0.2) is 48.5 Å². The largest absolute Gasteiger partial charge is 0.140 e. The molecule has 0 spiro atoms. The molecule has 0 bridgehead atoms. The monoisotopic (exact) mass is 466 g/mol. The number of hydrogen-bond acceptors (Lipinski definition) is 2. The molecule has 2 aromatic heterocycles. The molecule has 174 valence electrons. The first kappa shape index (κ1) is 25.2. The Labute approximate surface area is 205 Å². The van der Waals surface area contributed by atoms with Gasteiger partial charge < -0.3 is 0 Å². The lowest BCUT2D eigenvalue weighted by Gasteiger charge is -2.12. The SMILES string of the molecule is CCCCC(CC)Cc1ccc(-c2cccc(-c3ccc(CC(CC)CCCC)s3)c2)s1. The highest BCUT2D eigenvalue weighted by Gasteiger charge is 2.12. The third kappa shape index (κ3) is 7.32. The molecule has 0 N–H and O–H groups in total. The Balaban J connectivity index is 1.69. The maximum atomic E-state index is 2.40. The Morgan fingerprint density at radius 2 is 1.09 bits per heavy atom. The summed E-state index contributed by atoms with van der Waals surface area (Å²) in [7, 11) is 0. The van der Waals surface area contributed by atoms with E-state index in [1.807, 2.05) is 22.7 Å². The zero-order chi connectivity index (χ0) is 22.8. The molecule has 3 aromatic rings. The summed E-state index contributed by atoms with van der Waals surface area (Å²) >= 11 is 3.99. The van der Waals surface area contributed by atoms with Crippen molar-refractivity contribution in [2.24, 2.45) is 11.8 Å². The second kappa shape index (κ2) is 13.4. The highest BCUT2D eigenvalue weighted by molar-refractivity contribution is 7.16. The molecule has 2 heteroatoms. The average Bonchev–Trinajstić information content (AvgIpc) is 3.49. The van der Waals surface area contributed by atoms with Gasteiger partial charge in [0, 0.05) is 19.5 Å². The second-order valence-corrected chi connectivity index (χ2v) is 11.7. The quantitative estimate of drug-likeness (QED) is 0.221. The molecule has 0 saturated carbocycles. The average molecular weight is 467 g/mol. The lowest BCUT2D eigenvalue weighted by atomic mass is 9.95. The lowest BCUT2D eigenvalue weighted by Crippen LogP contribution is -2.01. The third-order valence-corrected chi connectivity index (χ3v) is 9.13. The van der Waals surface area contributed by atoms with Crippen LogP contribution >= 0.6 is 22.7 Å². The van der Waals surface area contributed by atoms with Gasteiger partial charge in [0.1, 0.15) is 0 Å². The van der Waals surface area contributed by atoms with Crippen LogP contribution < -0.4 is 0 Å². The maximum absolute atomic E-state index is 2.40. The second-order valence-electron chi connectivity index (χ2n) is 9.35. The number of unbranched alkanes of at least 4 members (excludes halogenated alkanes) is 2. The van der Waals surface area contributed by atoms with E-state index in [9.17, 15) is 0 Å². The van der Waals surface area contributed by atoms with E-state index in [4.69, 9.17) is 0 Å². The highest BCUT2D eigenvalue weighted by Crippen LogP contribution is 2.36. The minimum absolute atomic E-state index is 0.835. The minimum atomic E-state index is 0.835. The fourth-order valence-corrected chi connectivity index (χ4v) is 6.80. The van der Waals surface area contributed by atoms with Gasteiger partial charge in [0.2, 0.25) is 0 Å². The van der Waals surface area contributed by atoms with Gasteiger partial charge in [-0.2, -0.15) is 0 Å². The Morgan fingerprint density at radius 1 is 0.625 bits per heavy atom. The molecule has 0 saturated heterocycles. The maximum Gasteiger partial charge on any atom is 0.0345 e. The number of rotatable bonds is 14. The summed E-state index contributed by atoms with van der Waals surface area (Å²) in [4.78, 5) is 5.91. The Bertz CT molecular complexity index is 845. The van der Waals surface area contributed by atoms with Crippen LogP contribution in [0.3, 0.4) is 0 Å². The predicted octanol–water partition coefficient (Wildman–Crippen LogP) is 10.7. The van der Waals surface area contributed by atoms with E-state index in [2.05, 4.69) is 76.2 Å². The van der Waals surface area contributed by atoms with Crippen LogP contribution in [0.1, 0.15) is 88.8 Å². The van der Waals surface area contributed by atoms with Crippen molar-refractivity contribution in [1.29, 1.82) is 0 Å². The molecule has 2 atom stereocenters. The van der Waals surface area contributed by atoms with E-state index >= 15 is 0 Å². The van der Waals surface area contributed by atoms with Crippen molar-refractivity contribution in [3.05, 3.63) is 58.3 Å². The lowest BCUT2D eigenvalue weighted by molar-refractivity contribution is 0.452. The van der Waals surface area contributed by atoms with Gasteiger partial charge in [-0.25, -0.2) is 0 Å². The molecular formula is C30H42S2. The van der Waals surface area contributed by atoms with Gasteiger partial charge in [-0.15, -0.1) is 22.7 Å². The smallest absolute Gasteiger partial charge is 0.0345 e. The van der Waals surface area contributed by atoms with Crippen molar-refractivity contribution in [2.45, 2.75) is 91.9 Å². The summed E-state index contributed by atoms with van der Waals surface area (Å²) in [6, 6.07) is 18.6. The molecule has 0 aliphatic heterocycles. The predicted molar refractivity (Wildman–Crippen MR) is 147 cm³/mol. The summed E-state index contributed by atoms with van der Waals surface area (Å²) in [5.41, 5.74) is 2.73. The van der Waals surface area contributed by atoms with Gasteiger partial charge in [0.05, 0.1) is 0 Å². The van der Waals surface area contributed by atoms with Crippen LogP contribution in [0.25, 0.3) is 20.9 Å². The van der Waals surface area contributed by atoms with E-state index in [0.717, 1.165) is 11.8 Å². The highest BCUT2D eigenvalue weighted by atomic mass is 32.1. The molecule has 0 aliphatic rings. The Kier molecular flexibility index (Phi) is 10.5. The molecule has 2 unspecified atom stereocenters. The van der Waals surface area contributed by atoms with Gasteiger partial charge in [0.15, 0.2) is 0 Å². The summed E-state index contributed by atoms with van der Waals surface area (Å²) in [6.07, 6.45) is 13.1. The normalized spacial score (nSPS) is 13.4. The summed E-state index contributed by atoms with van der Waals surface area (Å²) < 4.78 is 0. The number of benzene rings is 1. The molecule has 0 aliphatic carbocycles.